The van der Waals surface area contributed by atoms with Crippen molar-refractivity contribution in [2.24, 2.45) is 0 Å². The zero-order valence-electron chi connectivity index (χ0n) is 10.7. The van der Waals surface area contributed by atoms with Gasteiger partial charge in [-0.25, -0.2) is 0 Å². The standard InChI is InChI=1S/C12H23NO5/c1-2-4-13-7-8-11-9(14)10(15)12(18-8)17-6-3-5-16-11/h8-15H,2-7H2,1H3. The zero-order chi connectivity index (χ0) is 13.0. The van der Waals surface area contributed by atoms with Crippen LogP contribution in [0.4, 0.5) is 0 Å². The van der Waals surface area contributed by atoms with Gasteiger partial charge in [-0.2, -0.15) is 0 Å². The second-order valence-electron chi connectivity index (χ2n) is 4.79. The predicted molar refractivity (Wildman–Crippen MR) is 64.1 cm³/mol. The molecule has 18 heavy (non-hydrogen) atoms. The van der Waals surface area contributed by atoms with Crippen molar-refractivity contribution in [2.75, 3.05) is 26.3 Å². The monoisotopic (exact) mass is 261 g/mol. The molecule has 3 rings (SSSR count). The molecule has 0 aromatic heterocycles. The molecule has 3 aliphatic heterocycles. The van der Waals surface area contributed by atoms with Gasteiger partial charge in [-0.05, 0) is 19.4 Å². The highest BCUT2D eigenvalue weighted by Gasteiger charge is 2.46. The number of hydrogen-bond acceptors (Lipinski definition) is 6. The van der Waals surface area contributed by atoms with Gasteiger partial charge in [-0.1, -0.05) is 6.92 Å². The quantitative estimate of drug-likeness (QED) is 0.577. The SMILES string of the molecule is CCCNCC1OC2OCCCOC1C(O)C2O. The minimum atomic E-state index is -1.05. The summed E-state index contributed by atoms with van der Waals surface area (Å²) in [5.74, 6) is 0. The average Bonchev–Trinajstić information content (AvgIpc) is 2.50. The van der Waals surface area contributed by atoms with Crippen molar-refractivity contribution < 1.29 is 24.4 Å². The Hall–Kier alpha value is -0.240. The van der Waals surface area contributed by atoms with E-state index in [2.05, 4.69) is 12.2 Å². The van der Waals surface area contributed by atoms with Crippen LogP contribution in [0.5, 0.6) is 0 Å². The number of hydrogen-bond donors (Lipinski definition) is 3. The highest BCUT2D eigenvalue weighted by Crippen LogP contribution is 2.25. The normalized spacial score (nSPS) is 41.2. The van der Waals surface area contributed by atoms with E-state index in [9.17, 15) is 10.2 Å². The topological polar surface area (TPSA) is 80.2 Å². The van der Waals surface area contributed by atoms with Crippen LogP contribution in [0.3, 0.4) is 0 Å². The third-order valence-corrected chi connectivity index (χ3v) is 3.29. The van der Waals surface area contributed by atoms with E-state index in [1.807, 2.05) is 0 Å². The molecule has 3 N–H and O–H groups in total. The maximum Gasteiger partial charge on any atom is 0.186 e. The molecule has 0 saturated carbocycles. The fraction of sp³-hybridized carbons (Fsp3) is 1.00. The summed E-state index contributed by atoms with van der Waals surface area (Å²) in [5.41, 5.74) is 0. The summed E-state index contributed by atoms with van der Waals surface area (Å²) in [5, 5.41) is 23.2. The lowest BCUT2D eigenvalue weighted by atomic mass is 9.98. The summed E-state index contributed by atoms with van der Waals surface area (Å²) < 4.78 is 16.7. The fourth-order valence-corrected chi connectivity index (χ4v) is 2.31. The van der Waals surface area contributed by atoms with Crippen molar-refractivity contribution in [1.29, 1.82) is 0 Å². The van der Waals surface area contributed by atoms with Crippen LogP contribution in [0, 0.1) is 0 Å². The second kappa shape index (κ2) is 6.79. The molecule has 5 atom stereocenters. The van der Waals surface area contributed by atoms with E-state index < -0.39 is 24.6 Å². The van der Waals surface area contributed by atoms with E-state index in [1.54, 1.807) is 0 Å². The number of nitrogens with one attached hydrogen (secondary N) is 1. The van der Waals surface area contributed by atoms with Gasteiger partial charge in [0.05, 0.1) is 6.61 Å². The number of rotatable bonds is 4. The minimum absolute atomic E-state index is 0.293. The number of aliphatic hydroxyl groups is 2. The lowest BCUT2D eigenvalue weighted by Crippen LogP contribution is -2.60. The molecule has 3 fully saturated rings. The molecule has 3 aliphatic rings. The molecule has 3 saturated heterocycles. The molecule has 0 aliphatic carbocycles. The van der Waals surface area contributed by atoms with Gasteiger partial charge >= 0.3 is 0 Å². The van der Waals surface area contributed by atoms with E-state index in [4.69, 9.17) is 14.2 Å². The van der Waals surface area contributed by atoms with Gasteiger partial charge in [0, 0.05) is 13.2 Å². The molecular formula is C12H23NO5. The summed E-state index contributed by atoms with van der Waals surface area (Å²) in [7, 11) is 0. The summed E-state index contributed by atoms with van der Waals surface area (Å²) in [6.07, 6.45) is -1.79. The zero-order valence-corrected chi connectivity index (χ0v) is 10.7. The molecule has 3 heterocycles. The molecule has 0 aromatic carbocycles. The molecule has 0 aromatic rings. The van der Waals surface area contributed by atoms with E-state index >= 15 is 0 Å². The third kappa shape index (κ3) is 3.20. The lowest BCUT2D eigenvalue weighted by Gasteiger charge is -2.41. The van der Waals surface area contributed by atoms with Gasteiger partial charge in [0.2, 0.25) is 0 Å². The second-order valence-corrected chi connectivity index (χ2v) is 4.79. The Labute approximate surface area is 107 Å². The van der Waals surface area contributed by atoms with E-state index in [-0.39, 0.29) is 6.10 Å². The van der Waals surface area contributed by atoms with Crippen molar-refractivity contribution in [2.45, 2.75) is 50.5 Å². The van der Waals surface area contributed by atoms with Gasteiger partial charge in [0.25, 0.3) is 0 Å². The molecule has 0 amide bonds. The maximum absolute atomic E-state index is 10.1. The van der Waals surface area contributed by atoms with Gasteiger partial charge in [0.1, 0.15) is 24.4 Å². The molecule has 5 unspecified atom stereocenters. The first-order valence-electron chi connectivity index (χ1n) is 6.69. The largest absolute Gasteiger partial charge is 0.387 e. The average molecular weight is 261 g/mol. The predicted octanol–water partition coefficient (Wildman–Crippen LogP) is -0.762. The molecule has 2 bridgehead atoms. The van der Waals surface area contributed by atoms with Gasteiger partial charge in [-0.3, -0.25) is 0 Å². The van der Waals surface area contributed by atoms with Crippen molar-refractivity contribution in [3.05, 3.63) is 0 Å². The Morgan fingerprint density at radius 2 is 1.94 bits per heavy atom. The highest BCUT2D eigenvalue weighted by atomic mass is 16.7. The Kier molecular flexibility index (Phi) is 5.35. The van der Waals surface area contributed by atoms with Gasteiger partial charge in [0.15, 0.2) is 6.29 Å². The van der Waals surface area contributed by atoms with Gasteiger partial charge in [-0.15, -0.1) is 0 Å². The maximum atomic E-state index is 10.1. The minimum Gasteiger partial charge on any atom is -0.387 e. The van der Waals surface area contributed by atoms with Gasteiger partial charge < -0.3 is 29.7 Å². The van der Waals surface area contributed by atoms with Crippen LogP contribution in [-0.2, 0) is 14.2 Å². The molecule has 6 nitrogen and oxygen atoms in total. The fourth-order valence-electron chi connectivity index (χ4n) is 2.31. The van der Waals surface area contributed by atoms with Crippen LogP contribution in [0.15, 0.2) is 0 Å². The number of aliphatic hydroxyl groups excluding tert-OH is 2. The lowest BCUT2D eigenvalue weighted by molar-refractivity contribution is -0.292. The van der Waals surface area contributed by atoms with Crippen molar-refractivity contribution in [3.63, 3.8) is 0 Å². The molecule has 6 heteroatoms. The highest BCUT2D eigenvalue weighted by molar-refractivity contribution is 4.91. The number of fused-ring (bicyclic) bond motifs is 6. The van der Waals surface area contributed by atoms with Crippen molar-refractivity contribution in [1.82, 2.24) is 5.32 Å². The van der Waals surface area contributed by atoms with E-state index in [1.165, 1.54) is 0 Å². The van der Waals surface area contributed by atoms with E-state index in [0.29, 0.717) is 19.8 Å². The Bertz CT molecular complexity index is 251. The molecule has 0 radical (unpaired) electrons. The number of ether oxygens (including phenoxy) is 3. The van der Waals surface area contributed by atoms with Crippen molar-refractivity contribution in [3.8, 4) is 0 Å². The van der Waals surface area contributed by atoms with Crippen molar-refractivity contribution >= 4 is 0 Å². The Morgan fingerprint density at radius 3 is 2.72 bits per heavy atom. The van der Waals surface area contributed by atoms with Crippen LogP contribution in [-0.4, -0.2) is 67.2 Å². The summed E-state index contributed by atoms with van der Waals surface area (Å²) >= 11 is 0. The summed E-state index contributed by atoms with van der Waals surface area (Å²) in [6.45, 7) is 4.53. The molecule has 0 spiro atoms. The van der Waals surface area contributed by atoms with Crippen LogP contribution < -0.4 is 5.32 Å². The van der Waals surface area contributed by atoms with E-state index in [0.717, 1.165) is 19.4 Å². The smallest absolute Gasteiger partial charge is 0.186 e. The van der Waals surface area contributed by atoms with Crippen LogP contribution in [0.25, 0.3) is 0 Å². The summed E-state index contributed by atoms with van der Waals surface area (Å²) in [6, 6.07) is 0. The first kappa shape index (κ1) is 14.2. The third-order valence-electron chi connectivity index (χ3n) is 3.29. The molecular weight excluding hydrogens is 238 g/mol. The first-order chi connectivity index (χ1) is 8.74. The Balaban J connectivity index is 2.01. The summed E-state index contributed by atoms with van der Waals surface area (Å²) in [4.78, 5) is 0. The Morgan fingerprint density at radius 1 is 1.17 bits per heavy atom. The van der Waals surface area contributed by atoms with Crippen LogP contribution in [0.1, 0.15) is 19.8 Å². The van der Waals surface area contributed by atoms with Crippen LogP contribution in [0.2, 0.25) is 0 Å². The first-order valence-corrected chi connectivity index (χ1v) is 6.69. The molecule has 106 valence electrons. The van der Waals surface area contributed by atoms with Crippen LogP contribution >= 0.6 is 0 Å².